The van der Waals surface area contributed by atoms with E-state index in [9.17, 15) is 29.4 Å². The van der Waals surface area contributed by atoms with E-state index in [1.165, 1.54) is 5.01 Å². The van der Waals surface area contributed by atoms with Crippen LogP contribution in [-0.2, 0) is 37.0 Å². The Morgan fingerprint density at radius 1 is 0.725 bits per heavy atom. The van der Waals surface area contributed by atoms with E-state index in [2.05, 4.69) is 5.43 Å². The van der Waals surface area contributed by atoms with Crippen molar-refractivity contribution in [1.82, 2.24) is 15.4 Å². The second-order valence-electron chi connectivity index (χ2n) is 11.1. The Morgan fingerprint density at radius 3 is 1.65 bits per heavy atom. The number of esters is 1. The third-order valence-corrected chi connectivity index (χ3v) is 7.55. The number of carboxylic acids is 2. The largest absolute Gasteiger partial charge is 0.479 e. The zero-order valence-electron chi connectivity index (χ0n) is 27.5. The summed E-state index contributed by atoms with van der Waals surface area (Å²) in [5, 5.41) is 40.4. The number of ether oxygens (including phenoxy) is 1. The lowest BCUT2D eigenvalue weighted by Gasteiger charge is -2.23. The predicted molar refractivity (Wildman–Crippen MR) is 191 cm³/mol. The molecule has 0 saturated heterocycles. The lowest BCUT2D eigenvalue weighted by atomic mass is 10.0. The molecule has 0 unspecified atom stereocenters. The normalized spacial score (nSPS) is 12.0. The monoisotopic (exact) mass is 740 g/mol. The fourth-order valence-corrected chi connectivity index (χ4v) is 5.00. The minimum atomic E-state index is -1.79. The third kappa shape index (κ3) is 13.8. The molecule has 7 N–H and O–H groups in total. The fraction of sp³-hybridized carbons (Fsp3) is 0.222. The van der Waals surface area contributed by atoms with Gasteiger partial charge in [-0.15, -0.1) is 0 Å². The molecule has 15 heteroatoms. The standard InChI is InChI=1S/C18H17ClN2O6.C18H21ClN2O3/c19-14-3-1-2-13(8-14)12-6-4-11(5-7-12)9-21(10-15(22)17(24)25)20-16(23)18(26)27;1-2-24-18(23)17(22)12-21(20)11-13-6-8-14(9-7-13)15-4-3-5-16(19)10-15/h1-8,15,22H,9-10H2,(H,20,23)(H,24,25)(H,26,27);3-10,17,22H,2,11-12,20H2,1H3/t15-;17-/m11/s1. The Kier molecular flexibility index (Phi) is 16.0. The minimum absolute atomic E-state index is 0.000808. The first kappa shape index (κ1) is 40.6. The summed E-state index contributed by atoms with van der Waals surface area (Å²) in [7, 11) is 0. The Bertz CT molecular complexity index is 1780. The van der Waals surface area contributed by atoms with Crippen LogP contribution in [0.5, 0.6) is 0 Å². The maximum atomic E-state index is 11.4. The molecule has 0 fully saturated rings. The molecule has 0 saturated carbocycles. The van der Waals surface area contributed by atoms with Crippen LogP contribution in [0, 0.1) is 0 Å². The van der Waals surface area contributed by atoms with Crippen LogP contribution in [0.25, 0.3) is 22.3 Å². The van der Waals surface area contributed by atoms with E-state index < -0.39 is 42.6 Å². The molecule has 4 rings (SSSR count). The quantitative estimate of drug-likeness (QED) is 0.0471. The van der Waals surface area contributed by atoms with Crippen LogP contribution in [-0.4, -0.2) is 86.2 Å². The minimum Gasteiger partial charge on any atom is -0.479 e. The molecule has 2 atom stereocenters. The van der Waals surface area contributed by atoms with Gasteiger partial charge in [0.15, 0.2) is 12.2 Å². The van der Waals surface area contributed by atoms with Crippen molar-refractivity contribution in [3.8, 4) is 22.3 Å². The molecule has 4 aromatic rings. The molecule has 0 bridgehead atoms. The number of halogens is 2. The molecule has 4 aromatic carbocycles. The van der Waals surface area contributed by atoms with Gasteiger partial charge in [-0.25, -0.2) is 24.4 Å². The van der Waals surface area contributed by atoms with Gasteiger partial charge in [-0.1, -0.05) is 96.0 Å². The topological polar surface area (TPSA) is 203 Å². The number of nitrogens with two attached hydrogens (primary N) is 1. The first-order valence-corrected chi connectivity index (χ1v) is 16.2. The second kappa shape index (κ2) is 20.1. The van der Waals surface area contributed by atoms with Gasteiger partial charge in [0.05, 0.1) is 19.7 Å². The molecular formula is C36H38Cl2N4O9. The van der Waals surface area contributed by atoms with Crippen molar-refractivity contribution in [3.63, 3.8) is 0 Å². The van der Waals surface area contributed by atoms with Gasteiger partial charge in [0.25, 0.3) is 0 Å². The van der Waals surface area contributed by atoms with E-state index in [4.69, 9.17) is 44.0 Å². The number of benzene rings is 4. The summed E-state index contributed by atoms with van der Waals surface area (Å²) in [4.78, 5) is 44.3. The summed E-state index contributed by atoms with van der Waals surface area (Å²) in [5.74, 6) is 0.658. The van der Waals surface area contributed by atoms with Crippen LogP contribution < -0.4 is 11.3 Å². The van der Waals surface area contributed by atoms with Crippen LogP contribution in [0.1, 0.15) is 18.1 Å². The summed E-state index contributed by atoms with van der Waals surface area (Å²) >= 11 is 12.0. The van der Waals surface area contributed by atoms with Gasteiger partial charge in [-0.05, 0) is 64.6 Å². The van der Waals surface area contributed by atoms with Gasteiger partial charge < -0.3 is 25.2 Å². The van der Waals surface area contributed by atoms with Gasteiger partial charge in [-0.2, -0.15) is 0 Å². The Labute approximate surface area is 304 Å². The van der Waals surface area contributed by atoms with Crippen molar-refractivity contribution in [2.45, 2.75) is 32.2 Å². The first-order chi connectivity index (χ1) is 24.2. The second-order valence-corrected chi connectivity index (χ2v) is 12.0. The number of hydrazine groups is 2. The SMILES string of the molecule is CCOC(=O)[C@H](O)CN(N)Cc1ccc(-c2cccc(Cl)c2)cc1.O=C(O)C(=O)NN(Cc1ccc(-c2cccc(Cl)c2)cc1)C[C@@H](O)C(=O)O. The van der Waals surface area contributed by atoms with Crippen LogP contribution >= 0.6 is 23.2 Å². The highest BCUT2D eigenvalue weighted by molar-refractivity contribution is 6.31. The van der Waals surface area contributed by atoms with Gasteiger partial charge in [0, 0.05) is 23.1 Å². The average Bonchev–Trinajstić information content (AvgIpc) is 3.09. The number of carbonyl (C=O) groups is 4. The highest BCUT2D eigenvalue weighted by atomic mass is 35.5. The predicted octanol–water partition coefficient (Wildman–Crippen LogP) is 3.98. The molecule has 0 spiro atoms. The van der Waals surface area contributed by atoms with E-state index in [1.54, 1.807) is 31.2 Å². The van der Waals surface area contributed by atoms with Crippen LogP contribution in [0.15, 0.2) is 97.1 Å². The van der Waals surface area contributed by atoms with Gasteiger partial charge in [0.1, 0.15) is 0 Å². The van der Waals surface area contributed by atoms with Crippen molar-refractivity contribution in [1.29, 1.82) is 0 Å². The number of aliphatic hydroxyl groups excluding tert-OH is 2. The van der Waals surface area contributed by atoms with Crippen molar-refractivity contribution >= 4 is 47.0 Å². The van der Waals surface area contributed by atoms with Gasteiger partial charge >= 0.3 is 23.8 Å². The summed E-state index contributed by atoms with van der Waals surface area (Å²) in [6.07, 6.45) is -3.04. The number of hydrogen-bond acceptors (Lipinski definition) is 10. The van der Waals surface area contributed by atoms with Crippen LogP contribution in [0.4, 0.5) is 0 Å². The molecule has 270 valence electrons. The zero-order valence-corrected chi connectivity index (χ0v) is 29.0. The van der Waals surface area contributed by atoms with Crippen molar-refractivity contribution in [3.05, 3.63) is 118 Å². The number of aliphatic hydroxyl groups is 2. The summed E-state index contributed by atoms with van der Waals surface area (Å²) < 4.78 is 4.75. The lowest BCUT2D eigenvalue weighted by Crippen LogP contribution is -2.49. The lowest BCUT2D eigenvalue weighted by molar-refractivity contribution is -0.155. The summed E-state index contributed by atoms with van der Waals surface area (Å²) in [5.41, 5.74) is 7.60. The van der Waals surface area contributed by atoms with E-state index in [0.29, 0.717) is 22.2 Å². The molecule has 0 aliphatic heterocycles. The van der Waals surface area contributed by atoms with Crippen molar-refractivity contribution in [2.24, 2.45) is 5.84 Å². The number of nitrogens with zero attached hydrogens (tertiary/aromatic N) is 2. The smallest absolute Gasteiger partial charge is 0.395 e. The number of rotatable bonds is 14. The van der Waals surface area contributed by atoms with Crippen molar-refractivity contribution in [2.75, 3.05) is 19.7 Å². The van der Waals surface area contributed by atoms with Crippen LogP contribution in [0.2, 0.25) is 10.0 Å². The molecule has 0 aliphatic rings. The molecule has 0 aromatic heterocycles. The highest BCUT2D eigenvalue weighted by Crippen LogP contribution is 2.24. The Hall–Kier alpha value is -4.86. The average molecular weight is 742 g/mol. The molecule has 13 nitrogen and oxygen atoms in total. The molecule has 0 heterocycles. The van der Waals surface area contributed by atoms with Crippen molar-refractivity contribution < 1.29 is 44.3 Å². The highest BCUT2D eigenvalue weighted by Gasteiger charge is 2.22. The number of amides is 1. The van der Waals surface area contributed by atoms with E-state index in [1.807, 2.05) is 72.8 Å². The zero-order chi connectivity index (χ0) is 37.5. The Morgan fingerprint density at radius 2 is 1.22 bits per heavy atom. The number of hydrogen-bond donors (Lipinski definition) is 6. The molecule has 1 amide bonds. The summed E-state index contributed by atoms with van der Waals surface area (Å²) in [6.45, 7) is 1.85. The Balaban J connectivity index is 0.000000277. The number of aliphatic carboxylic acids is 2. The fourth-order valence-electron chi connectivity index (χ4n) is 4.62. The third-order valence-electron chi connectivity index (χ3n) is 7.08. The molecule has 51 heavy (non-hydrogen) atoms. The van der Waals surface area contributed by atoms with E-state index >= 15 is 0 Å². The molecular weight excluding hydrogens is 703 g/mol. The van der Waals surface area contributed by atoms with E-state index in [0.717, 1.165) is 32.8 Å². The maximum Gasteiger partial charge on any atom is 0.395 e. The van der Waals surface area contributed by atoms with Crippen LogP contribution in [0.3, 0.4) is 0 Å². The maximum absolute atomic E-state index is 11.4. The van der Waals surface area contributed by atoms with Gasteiger partial charge in [-0.3, -0.25) is 16.1 Å². The molecule has 0 radical (unpaired) electrons. The summed E-state index contributed by atoms with van der Waals surface area (Å²) in [6, 6.07) is 29.9. The number of carboxylic acid groups (broad SMARTS) is 2. The first-order valence-electron chi connectivity index (χ1n) is 15.5. The molecule has 0 aliphatic carbocycles. The van der Waals surface area contributed by atoms with Gasteiger partial charge in [0.2, 0.25) is 0 Å². The van der Waals surface area contributed by atoms with E-state index in [-0.39, 0.29) is 19.7 Å². The number of nitrogens with one attached hydrogen (secondary N) is 1. The number of carbonyl (C=O) groups excluding carboxylic acids is 2.